The summed E-state index contributed by atoms with van der Waals surface area (Å²) in [6, 6.07) is 11.9. The molecule has 0 bridgehead atoms. The minimum atomic E-state index is 0.856. The molecule has 0 aliphatic rings. The second kappa shape index (κ2) is 4.45. The summed E-state index contributed by atoms with van der Waals surface area (Å²) in [6.07, 6.45) is 5.42. The van der Waals surface area contributed by atoms with E-state index in [0.717, 1.165) is 27.8 Å². The molecule has 0 amide bonds. The maximum Gasteiger partial charge on any atom is 0.119 e. The zero-order valence-corrected chi connectivity index (χ0v) is 10.00. The van der Waals surface area contributed by atoms with Crippen molar-refractivity contribution in [2.24, 2.45) is 0 Å². The summed E-state index contributed by atoms with van der Waals surface area (Å²) in [7, 11) is 1.67. The average molecular weight is 236 g/mol. The van der Waals surface area contributed by atoms with E-state index in [-0.39, 0.29) is 0 Å². The average Bonchev–Trinajstić information content (AvgIpc) is 2.47. The maximum absolute atomic E-state index is 5.24. The molecule has 0 saturated heterocycles. The molecule has 3 aromatic rings. The highest BCUT2D eigenvalue weighted by molar-refractivity contribution is 5.86. The van der Waals surface area contributed by atoms with Gasteiger partial charge in [-0.2, -0.15) is 0 Å². The molecule has 3 rings (SSSR count). The van der Waals surface area contributed by atoms with Gasteiger partial charge in [-0.05, 0) is 41.8 Å². The largest absolute Gasteiger partial charge is 0.497 e. The molecule has 2 heterocycles. The molecule has 0 unspecified atom stereocenters. The van der Waals surface area contributed by atoms with E-state index in [1.165, 1.54) is 0 Å². The molecular weight excluding hydrogens is 224 g/mol. The molecular formula is C15H12N2O. The molecule has 0 radical (unpaired) electrons. The van der Waals surface area contributed by atoms with Crippen LogP contribution in [0.1, 0.15) is 0 Å². The van der Waals surface area contributed by atoms with Crippen LogP contribution < -0.4 is 4.74 Å². The predicted molar refractivity (Wildman–Crippen MR) is 71.5 cm³/mol. The van der Waals surface area contributed by atoms with Gasteiger partial charge in [0.15, 0.2) is 0 Å². The summed E-state index contributed by atoms with van der Waals surface area (Å²) in [5, 5.41) is 2.23. The third kappa shape index (κ3) is 1.91. The molecule has 0 atom stereocenters. The van der Waals surface area contributed by atoms with Gasteiger partial charge in [-0.25, -0.2) is 0 Å². The number of methoxy groups -OCH3 is 1. The van der Waals surface area contributed by atoms with E-state index in [1.807, 2.05) is 36.5 Å². The summed E-state index contributed by atoms with van der Waals surface area (Å²) in [5.74, 6) is 0.856. The molecule has 0 aliphatic carbocycles. The van der Waals surface area contributed by atoms with Gasteiger partial charge in [0.2, 0.25) is 0 Å². The van der Waals surface area contributed by atoms with E-state index in [0.29, 0.717) is 0 Å². The van der Waals surface area contributed by atoms with Crippen LogP contribution in [0.25, 0.3) is 22.0 Å². The van der Waals surface area contributed by atoms with Crippen LogP contribution in [0.2, 0.25) is 0 Å². The van der Waals surface area contributed by atoms with E-state index in [9.17, 15) is 0 Å². The van der Waals surface area contributed by atoms with Gasteiger partial charge < -0.3 is 4.74 Å². The van der Waals surface area contributed by atoms with Crippen molar-refractivity contribution in [3.63, 3.8) is 0 Å². The van der Waals surface area contributed by atoms with Crippen molar-refractivity contribution in [1.82, 2.24) is 9.97 Å². The molecule has 0 saturated carbocycles. The third-order valence-electron chi connectivity index (χ3n) is 2.90. The Bertz CT molecular complexity index is 680. The third-order valence-corrected chi connectivity index (χ3v) is 2.90. The Morgan fingerprint density at radius 3 is 2.56 bits per heavy atom. The number of benzene rings is 1. The minimum Gasteiger partial charge on any atom is -0.497 e. The number of nitrogens with zero attached hydrogens (tertiary/aromatic N) is 2. The highest BCUT2D eigenvalue weighted by Crippen LogP contribution is 2.24. The molecule has 3 heteroatoms. The van der Waals surface area contributed by atoms with Crippen LogP contribution in [0, 0.1) is 0 Å². The van der Waals surface area contributed by atoms with E-state index in [2.05, 4.69) is 16.0 Å². The van der Waals surface area contributed by atoms with E-state index >= 15 is 0 Å². The predicted octanol–water partition coefficient (Wildman–Crippen LogP) is 3.31. The lowest BCUT2D eigenvalue weighted by Crippen LogP contribution is -1.86. The van der Waals surface area contributed by atoms with Gasteiger partial charge in [0.05, 0.1) is 12.8 Å². The number of hydrogen-bond acceptors (Lipinski definition) is 3. The van der Waals surface area contributed by atoms with Crippen molar-refractivity contribution >= 4 is 10.8 Å². The highest BCUT2D eigenvalue weighted by atomic mass is 16.5. The SMILES string of the molecule is COc1ccc2cnc(-c3ccncc3)cc2c1. The van der Waals surface area contributed by atoms with Crippen molar-refractivity contribution in [3.8, 4) is 17.0 Å². The molecule has 0 N–H and O–H groups in total. The Labute approximate surface area is 105 Å². The number of rotatable bonds is 2. The first kappa shape index (κ1) is 10.7. The monoisotopic (exact) mass is 236 g/mol. The number of pyridine rings is 2. The van der Waals surface area contributed by atoms with Crippen LogP contribution >= 0.6 is 0 Å². The van der Waals surface area contributed by atoms with Gasteiger partial charge >= 0.3 is 0 Å². The van der Waals surface area contributed by atoms with Crippen LogP contribution in [-0.2, 0) is 0 Å². The summed E-state index contributed by atoms with van der Waals surface area (Å²) in [6.45, 7) is 0. The van der Waals surface area contributed by atoms with Crippen LogP contribution in [0.3, 0.4) is 0 Å². The molecule has 2 aromatic heterocycles. The van der Waals surface area contributed by atoms with Crippen LogP contribution in [0.15, 0.2) is 55.0 Å². The van der Waals surface area contributed by atoms with E-state index < -0.39 is 0 Å². The first-order valence-corrected chi connectivity index (χ1v) is 5.71. The number of fused-ring (bicyclic) bond motifs is 1. The Balaban J connectivity index is 2.15. The fourth-order valence-corrected chi connectivity index (χ4v) is 1.93. The van der Waals surface area contributed by atoms with E-state index in [1.54, 1.807) is 19.5 Å². The van der Waals surface area contributed by atoms with Gasteiger partial charge in [-0.1, -0.05) is 0 Å². The molecule has 18 heavy (non-hydrogen) atoms. The second-order valence-electron chi connectivity index (χ2n) is 4.02. The van der Waals surface area contributed by atoms with Crippen molar-refractivity contribution in [3.05, 3.63) is 55.0 Å². The smallest absolute Gasteiger partial charge is 0.119 e. The van der Waals surface area contributed by atoms with Crippen molar-refractivity contribution < 1.29 is 4.74 Å². The van der Waals surface area contributed by atoms with Crippen LogP contribution in [0.4, 0.5) is 0 Å². The molecule has 0 aliphatic heterocycles. The molecule has 3 nitrogen and oxygen atoms in total. The van der Waals surface area contributed by atoms with Crippen molar-refractivity contribution in [1.29, 1.82) is 0 Å². The minimum absolute atomic E-state index is 0.856. The molecule has 0 fully saturated rings. The summed E-state index contributed by atoms with van der Waals surface area (Å²) in [4.78, 5) is 8.48. The first-order chi connectivity index (χ1) is 8.86. The second-order valence-corrected chi connectivity index (χ2v) is 4.02. The van der Waals surface area contributed by atoms with Crippen LogP contribution in [-0.4, -0.2) is 17.1 Å². The van der Waals surface area contributed by atoms with Gasteiger partial charge in [0.25, 0.3) is 0 Å². The lowest BCUT2D eigenvalue weighted by molar-refractivity contribution is 0.415. The standard InChI is InChI=1S/C15H12N2O/c1-18-14-3-2-12-10-17-15(9-13(12)8-14)11-4-6-16-7-5-11/h2-10H,1H3. The molecule has 88 valence electrons. The molecule has 0 spiro atoms. The lowest BCUT2D eigenvalue weighted by atomic mass is 10.1. The summed E-state index contributed by atoms with van der Waals surface area (Å²) < 4.78 is 5.24. The first-order valence-electron chi connectivity index (χ1n) is 5.71. The van der Waals surface area contributed by atoms with Crippen molar-refractivity contribution in [2.45, 2.75) is 0 Å². The normalized spacial score (nSPS) is 10.5. The van der Waals surface area contributed by atoms with Gasteiger partial charge in [0.1, 0.15) is 5.75 Å². The van der Waals surface area contributed by atoms with Gasteiger partial charge in [-0.15, -0.1) is 0 Å². The summed E-state index contributed by atoms with van der Waals surface area (Å²) in [5.41, 5.74) is 2.01. The topological polar surface area (TPSA) is 35.0 Å². The zero-order chi connectivity index (χ0) is 12.4. The van der Waals surface area contributed by atoms with Gasteiger partial charge in [0, 0.05) is 29.5 Å². The quantitative estimate of drug-likeness (QED) is 0.684. The number of aromatic nitrogens is 2. The number of ether oxygens (including phenoxy) is 1. The zero-order valence-electron chi connectivity index (χ0n) is 10.00. The fourth-order valence-electron chi connectivity index (χ4n) is 1.93. The Morgan fingerprint density at radius 2 is 1.78 bits per heavy atom. The fraction of sp³-hybridized carbons (Fsp3) is 0.0667. The van der Waals surface area contributed by atoms with E-state index in [4.69, 9.17) is 4.74 Å². The maximum atomic E-state index is 5.24. The van der Waals surface area contributed by atoms with Gasteiger partial charge in [-0.3, -0.25) is 9.97 Å². The summed E-state index contributed by atoms with van der Waals surface area (Å²) >= 11 is 0. The highest BCUT2D eigenvalue weighted by Gasteiger charge is 2.02. The Morgan fingerprint density at radius 1 is 0.944 bits per heavy atom. The Hall–Kier alpha value is -2.42. The number of hydrogen-bond donors (Lipinski definition) is 0. The van der Waals surface area contributed by atoms with Crippen molar-refractivity contribution in [2.75, 3.05) is 7.11 Å². The molecule has 1 aromatic carbocycles. The van der Waals surface area contributed by atoms with Crippen LogP contribution in [0.5, 0.6) is 5.75 Å². The lowest BCUT2D eigenvalue weighted by Gasteiger charge is -2.05. The Kier molecular flexibility index (Phi) is 2.65.